The van der Waals surface area contributed by atoms with Gasteiger partial charge in [0.05, 0.1) is 44.2 Å². The Morgan fingerprint density at radius 3 is 2.47 bits per heavy atom. The molecular weight excluding hydrogens is 438 g/mol. The number of aromatic nitrogens is 1. The fraction of sp³-hybridized carbons (Fsp3) is 0.480. The molecule has 1 aromatic heterocycles. The zero-order valence-electron chi connectivity index (χ0n) is 19.1. The van der Waals surface area contributed by atoms with E-state index in [1.807, 2.05) is 36.4 Å². The molecule has 2 aliphatic rings. The maximum atomic E-state index is 12.6. The van der Waals surface area contributed by atoms with E-state index in [1.54, 1.807) is 11.1 Å². The Kier molecular flexibility index (Phi) is 7.97. The number of morpholine rings is 1. The largest absolute Gasteiger partial charge is 0.492 e. The third kappa shape index (κ3) is 6.24. The monoisotopic (exact) mass is 469 g/mol. The quantitative estimate of drug-likeness (QED) is 0.640. The molecule has 2 N–H and O–H groups in total. The number of hydrogen-bond acceptors (Lipinski definition) is 6. The number of carbonyl (C=O) groups excluding carboxylic acids is 1. The van der Waals surface area contributed by atoms with Crippen LogP contribution in [0.15, 0.2) is 42.6 Å². The lowest BCUT2D eigenvalue weighted by Crippen LogP contribution is -2.47. The second kappa shape index (κ2) is 11.3. The first-order chi connectivity index (χ1) is 16.5. The maximum absolute atomic E-state index is 12.6. The van der Waals surface area contributed by atoms with Crippen molar-refractivity contribution in [3.05, 3.63) is 48.2 Å². The number of carbonyl (C=O) groups is 2. The van der Waals surface area contributed by atoms with Gasteiger partial charge >= 0.3 is 6.09 Å². The highest BCUT2D eigenvalue weighted by molar-refractivity contribution is 5.79. The third-order valence-corrected chi connectivity index (χ3v) is 6.41. The van der Waals surface area contributed by atoms with E-state index in [0.29, 0.717) is 57.5 Å². The third-order valence-electron chi connectivity index (χ3n) is 6.41. The molecule has 3 heterocycles. The topological polar surface area (TPSA) is 112 Å². The predicted molar refractivity (Wildman–Crippen MR) is 125 cm³/mol. The summed E-state index contributed by atoms with van der Waals surface area (Å²) in [5, 5.41) is 18.3. The van der Waals surface area contributed by atoms with E-state index in [0.717, 1.165) is 29.7 Å². The van der Waals surface area contributed by atoms with Gasteiger partial charge in [-0.05, 0) is 36.5 Å². The minimum Gasteiger partial charge on any atom is -0.492 e. The number of hydrogen-bond donors (Lipinski definition) is 2. The van der Waals surface area contributed by atoms with Gasteiger partial charge in [-0.25, -0.2) is 4.79 Å². The zero-order valence-corrected chi connectivity index (χ0v) is 19.1. The van der Waals surface area contributed by atoms with Crippen molar-refractivity contribution in [1.29, 1.82) is 0 Å². The van der Waals surface area contributed by atoms with E-state index in [-0.39, 0.29) is 18.6 Å². The minimum absolute atomic E-state index is 0.0303. The van der Waals surface area contributed by atoms with Gasteiger partial charge in [-0.2, -0.15) is 0 Å². The Morgan fingerprint density at radius 2 is 1.82 bits per heavy atom. The summed E-state index contributed by atoms with van der Waals surface area (Å²) >= 11 is 0. The molecule has 0 spiro atoms. The summed E-state index contributed by atoms with van der Waals surface area (Å²) in [7, 11) is 0. The highest BCUT2D eigenvalue weighted by atomic mass is 16.5. The normalized spacial score (nSPS) is 19.1. The van der Waals surface area contributed by atoms with Crippen molar-refractivity contribution in [1.82, 2.24) is 14.8 Å². The molecule has 1 unspecified atom stereocenters. The van der Waals surface area contributed by atoms with E-state index in [4.69, 9.17) is 14.6 Å². The highest BCUT2D eigenvalue weighted by Gasteiger charge is 2.24. The Labute approximate surface area is 198 Å². The number of piperidine rings is 1. The van der Waals surface area contributed by atoms with Crippen LogP contribution in [0.3, 0.4) is 0 Å². The van der Waals surface area contributed by atoms with Crippen LogP contribution in [0.25, 0.3) is 11.3 Å². The van der Waals surface area contributed by atoms with Crippen molar-refractivity contribution in [2.24, 2.45) is 5.92 Å². The van der Waals surface area contributed by atoms with Crippen LogP contribution in [0.4, 0.5) is 4.79 Å². The number of carboxylic acid groups (broad SMARTS) is 1. The molecule has 0 saturated carbocycles. The van der Waals surface area contributed by atoms with Crippen molar-refractivity contribution in [3.63, 3.8) is 0 Å². The van der Waals surface area contributed by atoms with Crippen molar-refractivity contribution in [2.45, 2.75) is 25.4 Å². The first-order valence-electron chi connectivity index (χ1n) is 11.7. The Hall–Kier alpha value is -3.17. The molecule has 9 nitrogen and oxygen atoms in total. The standard InChI is InChI=1S/C25H31N3O6/c29-16-22-15-28(11-12-33-22)24(30)13-18-1-3-20(4-2-18)23-6-5-21(14-26-23)34-17-19-7-9-27(10-8-19)25(31)32/h1-6,14,19,22,29H,7-13,15-17H2,(H,31,32). The molecular formula is C25H31N3O6. The lowest BCUT2D eigenvalue weighted by molar-refractivity contribution is -0.139. The van der Waals surface area contributed by atoms with Crippen LogP contribution >= 0.6 is 0 Å². The Bertz CT molecular complexity index is 958. The smallest absolute Gasteiger partial charge is 0.407 e. The Morgan fingerprint density at radius 1 is 1.06 bits per heavy atom. The summed E-state index contributed by atoms with van der Waals surface area (Å²) in [6, 6.07) is 11.6. The van der Waals surface area contributed by atoms with E-state index in [2.05, 4.69) is 4.98 Å². The number of ether oxygens (including phenoxy) is 2. The summed E-state index contributed by atoms with van der Waals surface area (Å²) in [6.07, 6.45) is 2.47. The lowest BCUT2D eigenvalue weighted by atomic mass is 9.98. The average Bonchev–Trinajstić information content (AvgIpc) is 2.88. The summed E-state index contributed by atoms with van der Waals surface area (Å²) in [6.45, 7) is 3.00. The van der Waals surface area contributed by atoms with Crippen LogP contribution < -0.4 is 4.74 Å². The van der Waals surface area contributed by atoms with Crippen LogP contribution in [0.2, 0.25) is 0 Å². The summed E-state index contributed by atoms with van der Waals surface area (Å²) in [5.74, 6) is 1.07. The Balaban J connectivity index is 1.26. The fourth-order valence-electron chi connectivity index (χ4n) is 4.28. The first kappa shape index (κ1) is 24.0. The number of aliphatic hydroxyl groups is 1. The number of amides is 2. The average molecular weight is 470 g/mol. The second-order valence-corrected chi connectivity index (χ2v) is 8.79. The van der Waals surface area contributed by atoms with Crippen LogP contribution in [0.1, 0.15) is 18.4 Å². The second-order valence-electron chi connectivity index (χ2n) is 8.79. The molecule has 2 fully saturated rings. The summed E-state index contributed by atoms with van der Waals surface area (Å²) in [5.41, 5.74) is 2.70. The maximum Gasteiger partial charge on any atom is 0.407 e. The van der Waals surface area contributed by atoms with Crippen LogP contribution in [-0.4, -0.2) is 89.1 Å². The van der Waals surface area contributed by atoms with Gasteiger partial charge in [-0.15, -0.1) is 0 Å². The SMILES string of the molecule is O=C(O)N1CCC(COc2ccc(-c3ccc(CC(=O)N4CCOC(CO)C4)cc3)nc2)CC1. The highest BCUT2D eigenvalue weighted by Crippen LogP contribution is 2.23. The zero-order chi connectivity index (χ0) is 23.9. The molecule has 2 aromatic rings. The molecule has 0 aliphatic carbocycles. The van der Waals surface area contributed by atoms with E-state index in [9.17, 15) is 14.7 Å². The van der Waals surface area contributed by atoms with Crippen LogP contribution in [-0.2, 0) is 16.0 Å². The van der Waals surface area contributed by atoms with E-state index in [1.165, 1.54) is 4.90 Å². The van der Waals surface area contributed by atoms with Crippen molar-refractivity contribution < 1.29 is 29.3 Å². The molecule has 4 rings (SSSR count). The number of likely N-dealkylation sites (tertiary alicyclic amines) is 1. The number of aliphatic hydroxyl groups excluding tert-OH is 1. The van der Waals surface area contributed by atoms with Gasteiger partial charge in [-0.3, -0.25) is 9.78 Å². The first-order valence-corrected chi connectivity index (χ1v) is 11.7. The molecule has 2 amide bonds. The van der Waals surface area contributed by atoms with E-state index >= 15 is 0 Å². The summed E-state index contributed by atoms with van der Waals surface area (Å²) in [4.78, 5) is 31.3. The molecule has 1 atom stereocenters. The lowest BCUT2D eigenvalue weighted by Gasteiger charge is -2.32. The molecule has 34 heavy (non-hydrogen) atoms. The molecule has 2 saturated heterocycles. The molecule has 9 heteroatoms. The molecule has 2 aliphatic heterocycles. The summed E-state index contributed by atoms with van der Waals surface area (Å²) < 4.78 is 11.3. The molecule has 0 bridgehead atoms. The van der Waals surface area contributed by atoms with Gasteiger partial charge in [0.2, 0.25) is 5.91 Å². The van der Waals surface area contributed by atoms with Crippen LogP contribution in [0.5, 0.6) is 5.75 Å². The van der Waals surface area contributed by atoms with Crippen molar-refractivity contribution in [3.8, 4) is 17.0 Å². The molecule has 1 aromatic carbocycles. The number of pyridine rings is 1. The molecule has 182 valence electrons. The van der Waals surface area contributed by atoms with Gasteiger partial charge in [0.15, 0.2) is 0 Å². The van der Waals surface area contributed by atoms with Gasteiger partial charge in [0.1, 0.15) is 5.75 Å². The van der Waals surface area contributed by atoms with Gasteiger partial charge in [0.25, 0.3) is 0 Å². The van der Waals surface area contributed by atoms with Crippen molar-refractivity contribution in [2.75, 3.05) is 46.0 Å². The van der Waals surface area contributed by atoms with E-state index < -0.39 is 6.09 Å². The van der Waals surface area contributed by atoms with Crippen molar-refractivity contribution >= 4 is 12.0 Å². The predicted octanol–water partition coefficient (Wildman–Crippen LogP) is 2.28. The van der Waals surface area contributed by atoms with Gasteiger partial charge in [0, 0.05) is 31.7 Å². The molecule has 0 radical (unpaired) electrons. The fourth-order valence-corrected chi connectivity index (χ4v) is 4.28. The number of nitrogens with zero attached hydrogens (tertiary/aromatic N) is 3. The minimum atomic E-state index is -0.855. The van der Waals surface area contributed by atoms with Gasteiger partial charge < -0.3 is 29.5 Å². The number of benzene rings is 1. The van der Waals surface area contributed by atoms with Gasteiger partial charge in [-0.1, -0.05) is 24.3 Å². The van der Waals surface area contributed by atoms with Crippen LogP contribution in [0, 0.1) is 5.92 Å². The number of rotatable bonds is 7.